The molecule has 7 N–H and O–H groups in total. The van der Waals surface area contributed by atoms with Gasteiger partial charge in [-0.25, -0.2) is 4.79 Å². The maximum atomic E-state index is 12.1. The fraction of sp³-hybridized carbons (Fsp3) is 0.533. The van der Waals surface area contributed by atoms with E-state index in [1.165, 1.54) is 12.1 Å². The van der Waals surface area contributed by atoms with Crippen LogP contribution in [0, 0.1) is 0 Å². The van der Waals surface area contributed by atoms with Gasteiger partial charge >= 0.3 is 12.4 Å². The van der Waals surface area contributed by atoms with E-state index in [2.05, 4.69) is 31.3 Å². The van der Waals surface area contributed by atoms with Crippen molar-refractivity contribution < 1.29 is 22.7 Å². The van der Waals surface area contributed by atoms with Crippen LogP contribution in [0.1, 0.15) is 13.3 Å². The van der Waals surface area contributed by atoms with Gasteiger partial charge in [0, 0.05) is 24.8 Å². The first kappa shape index (κ1) is 20.2. The van der Waals surface area contributed by atoms with Gasteiger partial charge in [-0.15, -0.1) is 13.2 Å². The summed E-state index contributed by atoms with van der Waals surface area (Å²) in [6.07, 6.45) is -4.41. The number of ether oxygens (including phenoxy) is 1. The van der Waals surface area contributed by atoms with E-state index in [0.29, 0.717) is 18.8 Å². The average Bonchev–Trinajstić information content (AvgIpc) is 2.53. The summed E-state index contributed by atoms with van der Waals surface area (Å²) in [6, 6.07) is 4.53. The van der Waals surface area contributed by atoms with Crippen molar-refractivity contribution in [1.29, 1.82) is 0 Å². The predicted octanol–water partition coefficient (Wildman–Crippen LogP) is 0.836. The monoisotopic (exact) mass is 376 g/mol. The van der Waals surface area contributed by atoms with Crippen LogP contribution >= 0.6 is 0 Å². The Morgan fingerprint density at radius 3 is 2.62 bits per heavy atom. The van der Waals surface area contributed by atoms with Crippen molar-refractivity contribution in [2.45, 2.75) is 38.2 Å². The molecule has 0 saturated carbocycles. The molecule has 2 rings (SSSR count). The molecule has 3 atom stereocenters. The van der Waals surface area contributed by atoms with Crippen molar-refractivity contribution in [2.24, 2.45) is 5.73 Å². The van der Waals surface area contributed by atoms with Crippen LogP contribution in [0.2, 0.25) is 0 Å². The third-order valence-corrected chi connectivity index (χ3v) is 3.56. The molecule has 8 nitrogen and oxygen atoms in total. The Morgan fingerprint density at radius 1 is 1.31 bits per heavy atom. The second-order valence-electron chi connectivity index (χ2n) is 5.87. The van der Waals surface area contributed by atoms with Crippen molar-refractivity contribution in [2.75, 3.05) is 18.4 Å². The summed E-state index contributed by atoms with van der Waals surface area (Å²) in [5.74, 6) is -0.360. The second kappa shape index (κ2) is 9.03. The molecule has 0 aliphatic carbocycles. The van der Waals surface area contributed by atoms with Gasteiger partial charge in [0.25, 0.3) is 0 Å². The number of benzene rings is 1. The molecule has 1 aromatic rings. The highest BCUT2D eigenvalue weighted by Crippen LogP contribution is 2.23. The number of carbonyl (C=O) groups is 1. The third-order valence-electron chi connectivity index (χ3n) is 3.56. The third kappa shape index (κ3) is 7.04. The van der Waals surface area contributed by atoms with Crippen LogP contribution in [0.3, 0.4) is 0 Å². The molecule has 1 fully saturated rings. The van der Waals surface area contributed by atoms with Gasteiger partial charge in [-0.2, -0.15) is 0 Å². The Labute approximate surface area is 149 Å². The maximum absolute atomic E-state index is 12.1. The number of alkyl halides is 3. The summed E-state index contributed by atoms with van der Waals surface area (Å²) in [6.45, 7) is 3.15. The lowest BCUT2D eigenvalue weighted by Gasteiger charge is -2.36. The van der Waals surface area contributed by atoms with Crippen LogP contribution < -0.4 is 37.1 Å². The van der Waals surface area contributed by atoms with Crippen LogP contribution in [0.4, 0.5) is 23.7 Å². The Morgan fingerprint density at radius 2 is 2.00 bits per heavy atom. The summed E-state index contributed by atoms with van der Waals surface area (Å²) in [5, 5.41) is 14.8. The molecule has 0 radical (unpaired) electrons. The van der Waals surface area contributed by atoms with Gasteiger partial charge in [-0.3, -0.25) is 10.6 Å². The van der Waals surface area contributed by atoms with Gasteiger partial charge in [0.2, 0.25) is 0 Å². The van der Waals surface area contributed by atoms with Crippen molar-refractivity contribution in [1.82, 2.24) is 21.3 Å². The number of hydrogen-bond donors (Lipinski definition) is 6. The highest BCUT2D eigenvalue weighted by atomic mass is 19.4. The van der Waals surface area contributed by atoms with Crippen molar-refractivity contribution in [3.63, 3.8) is 0 Å². The van der Waals surface area contributed by atoms with Gasteiger partial charge in [-0.1, -0.05) is 0 Å². The fourth-order valence-corrected chi connectivity index (χ4v) is 2.54. The molecule has 0 aromatic heterocycles. The maximum Gasteiger partial charge on any atom is 0.573 e. The van der Waals surface area contributed by atoms with Crippen molar-refractivity contribution in [3.05, 3.63) is 24.3 Å². The lowest BCUT2D eigenvalue weighted by molar-refractivity contribution is -0.274. The van der Waals surface area contributed by atoms with Crippen LogP contribution in [0.25, 0.3) is 0 Å². The molecule has 2 amide bonds. The van der Waals surface area contributed by atoms with Gasteiger partial charge in [-0.05, 0) is 37.6 Å². The zero-order chi connectivity index (χ0) is 19.2. The number of nitrogens with two attached hydrogens (primary N) is 1. The quantitative estimate of drug-likeness (QED) is 0.439. The molecule has 3 unspecified atom stereocenters. The summed E-state index contributed by atoms with van der Waals surface area (Å²) >= 11 is 0. The van der Waals surface area contributed by atoms with E-state index in [9.17, 15) is 18.0 Å². The van der Waals surface area contributed by atoms with E-state index in [1.807, 2.05) is 6.92 Å². The van der Waals surface area contributed by atoms with E-state index < -0.39 is 18.7 Å². The van der Waals surface area contributed by atoms with Crippen molar-refractivity contribution in [3.8, 4) is 5.75 Å². The highest BCUT2D eigenvalue weighted by molar-refractivity contribution is 5.89. The zero-order valence-electron chi connectivity index (χ0n) is 14.2. The lowest BCUT2D eigenvalue weighted by atomic mass is 10.1. The summed E-state index contributed by atoms with van der Waals surface area (Å²) in [5.41, 5.74) is 5.80. The van der Waals surface area contributed by atoms with Crippen molar-refractivity contribution >= 4 is 11.7 Å². The summed E-state index contributed by atoms with van der Waals surface area (Å²) < 4.78 is 40.2. The Hall–Kier alpha value is -2.08. The number of nitrogens with one attached hydrogen (secondary N) is 5. The largest absolute Gasteiger partial charge is 0.573 e. The minimum absolute atomic E-state index is 0.00102. The van der Waals surface area contributed by atoms with E-state index in [0.717, 1.165) is 18.6 Å². The Kier molecular flexibility index (Phi) is 7.03. The van der Waals surface area contributed by atoms with Crippen LogP contribution in [0.15, 0.2) is 24.3 Å². The number of carbonyl (C=O) groups excluding carboxylic acids is 1. The molecule has 11 heteroatoms. The molecule has 26 heavy (non-hydrogen) atoms. The molecule has 1 saturated heterocycles. The molecular weight excluding hydrogens is 353 g/mol. The first-order valence-electron chi connectivity index (χ1n) is 8.14. The standard InChI is InChI=1S/C15H23F3N6O2/c1-9-8-12(20-7-6-19)23-13(21-9)24-14(25)22-10-2-4-11(5-3-10)26-15(16,17)18/h2-5,9,12-13,20-21,23H,6-8,19H2,1H3,(H2,22,24,25). The van der Waals surface area contributed by atoms with E-state index in [-0.39, 0.29) is 18.0 Å². The fourth-order valence-electron chi connectivity index (χ4n) is 2.54. The average molecular weight is 376 g/mol. The van der Waals surface area contributed by atoms with E-state index >= 15 is 0 Å². The second-order valence-corrected chi connectivity index (χ2v) is 5.87. The van der Waals surface area contributed by atoms with E-state index in [1.54, 1.807) is 0 Å². The van der Waals surface area contributed by atoms with Gasteiger partial charge in [0.15, 0.2) is 0 Å². The molecule has 1 heterocycles. The predicted molar refractivity (Wildman–Crippen MR) is 90.3 cm³/mol. The minimum Gasteiger partial charge on any atom is -0.406 e. The Bertz CT molecular complexity index is 584. The molecule has 0 spiro atoms. The lowest BCUT2D eigenvalue weighted by Crippen LogP contribution is -2.68. The van der Waals surface area contributed by atoms with Crippen LogP contribution in [-0.4, -0.2) is 44.0 Å². The molecule has 1 aromatic carbocycles. The number of hydrogen-bond acceptors (Lipinski definition) is 6. The highest BCUT2D eigenvalue weighted by Gasteiger charge is 2.31. The SMILES string of the molecule is CC1CC(NCCN)NC(NC(=O)Nc2ccc(OC(F)(F)F)cc2)N1. The normalized spacial score (nSPS) is 23.3. The van der Waals surface area contributed by atoms with Crippen LogP contribution in [-0.2, 0) is 0 Å². The number of amides is 2. The van der Waals surface area contributed by atoms with Gasteiger partial charge in [0.1, 0.15) is 12.0 Å². The zero-order valence-corrected chi connectivity index (χ0v) is 14.2. The minimum atomic E-state index is -4.75. The molecular formula is C15H23F3N6O2. The molecule has 146 valence electrons. The summed E-state index contributed by atoms with van der Waals surface area (Å²) in [7, 11) is 0. The van der Waals surface area contributed by atoms with Gasteiger partial charge < -0.3 is 26.4 Å². The van der Waals surface area contributed by atoms with Gasteiger partial charge in [0.05, 0.1) is 6.17 Å². The molecule has 0 bridgehead atoms. The van der Waals surface area contributed by atoms with Crippen LogP contribution in [0.5, 0.6) is 5.75 Å². The topological polar surface area (TPSA) is 112 Å². The molecule has 1 aliphatic heterocycles. The first-order valence-corrected chi connectivity index (χ1v) is 8.14. The number of anilines is 1. The number of halogens is 3. The Balaban J connectivity index is 1.83. The molecule has 1 aliphatic rings. The first-order chi connectivity index (χ1) is 12.2. The summed E-state index contributed by atoms with van der Waals surface area (Å²) in [4.78, 5) is 12.1. The smallest absolute Gasteiger partial charge is 0.406 e. The number of urea groups is 1. The number of rotatable bonds is 6. The van der Waals surface area contributed by atoms with E-state index in [4.69, 9.17) is 5.73 Å².